The first-order valence-electron chi connectivity index (χ1n) is 7.55. The number of para-hydroxylation sites is 1. The highest BCUT2D eigenvalue weighted by Gasteiger charge is 2.41. The molecule has 1 unspecified atom stereocenters. The van der Waals surface area contributed by atoms with Gasteiger partial charge in [0.05, 0.1) is 12.6 Å². The average Bonchev–Trinajstić information content (AvgIpc) is 3.16. The van der Waals surface area contributed by atoms with Crippen LogP contribution in [-0.2, 0) is 6.54 Å². The van der Waals surface area contributed by atoms with Gasteiger partial charge in [-0.1, -0.05) is 18.2 Å². The Bertz CT molecular complexity index is 645. The van der Waals surface area contributed by atoms with Crippen molar-refractivity contribution in [2.24, 2.45) is 0 Å². The van der Waals surface area contributed by atoms with Gasteiger partial charge >= 0.3 is 6.03 Å². The first-order valence-corrected chi connectivity index (χ1v) is 8.43. The molecule has 6 heteroatoms. The minimum atomic E-state index is 0.144. The van der Waals surface area contributed by atoms with Crippen molar-refractivity contribution in [1.82, 2.24) is 14.8 Å². The topological polar surface area (TPSA) is 39.7 Å². The minimum Gasteiger partial charge on any atom is -0.317 e. The van der Waals surface area contributed by atoms with Crippen molar-refractivity contribution in [2.45, 2.75) is 12.6 Å². The Labute approximate surface area is 133 Å². The second-order valence-electron chi connectivity index (χ2n) is 5.74. The summed E-state index contributed by atoms with van der Waals surface area (Å²) in [7, 11) is 0. The number of hydrogen-bond donors (Lipinski definition) is 0. The Morgan fingerprint density at radius 2 is 2.05 bits per heavy atom. The van der Waals surface area contributed by atoms with E-state index in [2.05, 4.69) is 9.88 Å². The van der Waals surface area contributed by atoms with Crippen LogP contribution in [0.2, 0.25) is 0 Å². The van der Waals surface area contributed by atoms with E-state index in [0.29, 0.717) is 0 Å². The predicted molar refractivity (Wildman–Crippen MR) is 87.1 cm³/mol. The molecule has 1 aromatic carbocycles. The van der Waals surface area contributed by atoms with Crippen LogP contribution < -0.4 is 4.90 Å². The third-order valence-electron chi connectivity index (χ3n) is 4.35. The smallest absolute Gasteiger partial charge is 0.317 e. The summed E-state index contributed by atoms with van der Waals surface area (Å²) in [6.45, 7) is 4.32. The van der Waals surface area contributed by atoms with Gasteiger partial charge in [-0.3, -0.25) is 9.80 Å². The molecule has 2 aliphatic heterocycles. The quantitative estimate of drug-likeness (QED) is 0.872. The molecule has 0 bridgehead atoms. The fraction of sp³-hybridized carbons (Fsp3) is 0.375. The maximum absolute atomic E-state index is 12.6. The zero-order valence-corrected chi connectivity index (χ0v) is 13.1. The first kappa shape index (κ1) is 13.7. The Kier molecular flexibility index (Phi) is 3.56. The number of fused-ring (bicyclic) bond motifs is 1. The fourth-order valence-corrected chi connectivity index (χ4v) is 3.92. The van der Waals surface area contributed by atoms with Gasteiger partial charge in [0.15, 0.2) is 0 Å². The monoisotopic (exact) mass is 314 g/mol. The van der Waals surface area contributed by atoms with Crippen molar-refractivity contribution in [3.8, 4) is 0 Å². The highest BCUT2D eigenvalue weighted by Crippen LogP contribution is 2.26. The molecule has 2 amide bonds. The normalized spacial score (nSPS) is 22.2. The van der Waals surface area contributed by atoms with Gasteiger partial charge in [-0.2, -0.15) is 0 Å². The van der Waals surface area contributed by atoms with Crippen LogP contribution in [0.25, 0.3) is 0 Å². The van der Waals surface area contributed by atoms with E-state index < -0.39 is 0 Å². The Morgan fingerprint density at radius 3 is 2.82 bits per heavy atom. The molecule has 1 atom stereocenters. The van der Waals surface area contributed by atoms with Gasteiger partial charge in [0.2, 0.25) is 0 Å². The molecule has 0 N–H and O–H groups in total. The van der Waals surface area contributed by atoms with Gasteiger partial charge in [0.25, 0.3) is 0 Å². The predicted octanol–water partition coefficient (Wildman–Crippen LogP) is 2.27. The van der Waals surface area contributed by atoms with Crippen molar-refractivity contribution in [3.05, 3.63) is 46.9 Å². The molecule has 114 valence electrons. The summed E-state index contributed by atoms with van der Waals surface area (Å²) in [6, 6.07) is 10.4. The molecule has 0 aliphatic carbocycles. The van der Waals surface area contributed by atoms with Crippen molar-refractivity contribution in [3.63, 3.8) is 0 Å². The Morgan fingerprint density at radius 1 is 1.18 bits per heavy atom. The standard InChI is InChI=1S/C16H18N4OS/c21-16-19-8-7-18(12-15-17-6-9-22-15)10-14(19)11-20(16)13-4-2-1-3-5-13/h1-6,9,14H,7-8,10-12H2. The Hall–Kier alpha value is -1.92. The molecule has 1 aromatic heterocycles. The maximum atomic E-state index is 12.6. The average molecular weight is 314 g/mol. The number of aromatic nitrogens is 1. The summed E-state index contributed by atoms with van der Waals surface area (Å²) < 4.78 is 0. The number of urea groups is 1. The van der Waals surface area contributed by atoms with E-state index in [0.717, 1.165) is 43.4 Å². The molecule has 0 radical (unpaired) electrons. The van der Waals surface area contributed by atoms with Crippen LogP contribution in [0.15, 0.2) is 41.9 Å². The zero-order valence-electron chi connectivity index (χ0n) is 12.3. The molecule has 2 aromatic rings. The number of thiazole rings is 1. The molecular formula is C16H18N4OS. The Balaban J connectivity index is 1.46. The van der Waals surface area contributed by atoms with Crippen LogP contribution in [0.1, 0.15) is 5.01 Å². The van der Waals surface area contributed by atoms with E-state index in [9.17, 15) is 4.79 Å². The number of carbonyl (C=O) groups is 1. The SMILES string of the molecule is O=C1N(c2ccccc2)CC2CN(Cc3nccs3)CCN12. The number of carbonyl (C=O) groups excluding carboxylic acids is 1. The summed E-state index contributed by atoms with van der Waals surface area (Å²) in [4.78, 5) is 23.3. The molecule has 2 fully saturated rings. The lowest BCUT2D eigenvalue weighted by Gasteiger charge is -2.35. The van der Waals surface area contributed by atoms with Crippen molar-refractivity contribution >= 4 is 23.1 Å². The first-order chi connectivity index (χ1) is 10.8. The van der Waals surface area contributed by atoms with Crippen LogP contribution >= 0.6 is 11.3 Å². The highest BCUT2D eigenvalue weighted by atomic mass is 32.1. The maximum Gasteiger partial charge on any atom is 0.324 e. The summed E-state index contributed by atoms with van der Waals surface area (Å²) in [5.74, 6) is 0. The molecule has 2 aliphatic rings. The highest BCUT2D eigenvalue weighted by molar-refractivity contribution is 7.09. The molecule has 3 heterocycles. The van der Waals surface area contributed by atoms with Crippen molar-refractivity contribution in [2.75, 3.05) is 31.1 Å². The van der Waals surface area contributed by atoms with Crippen LogP contribution in [0.5, 0.6) is 0 Å². The van der Waals surface area contributed by atoms with Crippen LogP contribution in [0.4, 0.5) is 10.5 Å². The van der Waals surface area contributed by atoms with E-state index >= 15 is 0 Å². The van der Waals surface area contributed by atoms with Gasteiger partial charge in [0, 0.05) is 43.4 Å². The van der Waals surface area contributed by atoms with Gasteiger partial charge in [-0.15, -0.1) is 11.3 Å². The van der Waals surface area contributed by atoms with E-state index in [1.807, 2.05) is 51.7 Å². The number of anilines is 1. The minimum absolute atomic E-state index is 0.144. The number of rotatable bonds is 3. The van der Waals surface area contributed by atoms with E-state index in [4.69, 9.17) is 0 Å². The molecule has 5 nitrogen and oxygen atoms in total. The van der Waals surface area contributed by atoms with E-state index in [1.165, 1.54) is 0 Å². The summed E-state index contributed by atoms with van der Waals surface area (Å²) in [5.41, 5.74) is 0.994. The lowest BCUT2D eigenvalue weighted by molar-refractivity contribution is 0.116. The van der Waals surface area contributed by atoms with Crippen LogP contribution in [0, 0.1) is 0 Å². The lowest BCUT2D eigenvalue weighted by Crippen LogP contribution is -2.51. The van der Waals surface area contributed by atoms with Crippen LogP contribution in [-0.4, -0.2) is 53.0 Å². The third-order valence-corrected chi connectivity index (χ3v) is 5.11. The second-order valence-corrected chi connectivity index (χ2v) is 6.72. The molecule has 2 saturated heterocycles. The summed E-state index contributed by atoms with van der Waals surface area (Å²) >= 11 is 1.70. The number of hydrogen-bond acceptors (Lipinski definition) is 4. The molecular weight excluding hydrogens is 296 g/mol. The van der Waals surface area contributed by atoms with Gasteiger partial charge in [0.1, 0.15) is 5.01 Å². The second kappa shape index (κ2) is 5.70. The largest absolute Gasteiger partial charge is 0.324 e. The summed E-state index contributed by atoms with van der Waals surface area (Å²) in [6.07, 6.45) is 1.85. The molecule has 0 saturated carbocycles. The molecule has 4 rings (SSSR count). The van der Waals surface area contributed by atoms with Crippen molar-refractivity contribution < 1.29 is 4.79 Å². The fourth-order valence-electron chi connectivity index (χ4n) is 3.26. The van der Waals surface area contributed by atoms with E-state index in [1.54, 1.807) is 11.3 Å². The number of amides is 2. The number of nitrogens with zero attached hydrogens (tertiary/aromatic N) is 4. The van der Waals surface area contributed by atoms with Crippen molar-refractivity contribution in [1.29, 1.82) is 0 Å². The molecule has 22 heavy (non-hydrogen) atoms. The lowest BCUT2D eigenvalue weighted by atomic mass is 10.2. The van der Waals surface area contributed by atoms with Crippen LogP contribution in [0.3, 0.4) is 0 Å². The summed E-state index contributed by atoms with van der Waals surface area (Å²) in [5, 5.41) is 3.17. The van der Waals surface area contributed by atoms with Gasteiger partial charge in [-0.05, 0) is 12.1 Å². The van der Waals surface area contributed by atoms with Gasteiger partial charge < -0.3 is 4.90 Å². The molecule has 0 spiro atoms. The number of benzene rings is 1. The number of piperazine rings is 1. The third kappa shape index (κ3) is 2.48. The van der Waals surface area contributed by atoms with E-state index in [-0.39, 0.29) is 12.1 Å². The zero-order chi connectivity index (χ0) is 14.9. The van der Waals surface area contributed by atoms with Gasteiger partial charge in [-0.25, -0.2) is 9.78 Å².